The zero-order valence-electron chi connectivity index (χ0n) is 16.6. The minimum absolute atomic E-state index is 0.172. The topological polar surface area (TPSA) is 76.5 Å². The molecule has 1 aromatic heterocycles. The monoisotopic (exact) mass is 395 g/mol. The summed E-state index contributed by atoms with van der Waals surface area (Å²) in [4.78, 5) is 14.3. The third-order valence-corrected chi connectivity index (χ3v) is 4.47. The Kier molecular flexibility index (Phi) is 6.97. The van der Waals surface area contributed by atoms with Gasteiger partial charge in [-0.25, -0.2) is 9.37 Å². The van der Waals surface area contributed by atoms with E-state index >= 15 is 0 Å². The number of H-pyrrole nitrogens is 1. The minimum Gasteiger partial charge on any atom is -0.386 e. The van der Waals surface area contributed by atoms with Crippen LogP contribution in [0.2, 0.25) is 0 Å². The van der Waals surface area contributed by atoms with Gasteiger partial charge in [0.1, 0.15) is 11.6 Å². The first-order chi connectivity index (χ1) is 14.1. The van der Waals surface area contributed by atoms with Gasteiger partial charge in [0.2, 0.25) is 0 Å². The third kappa shape index (κ3) is 5.65. The van der Waals surface area contributed by atoms with Crippen LogP contribution in [0.15, 0.2) is 65.8 Å². The standard InChI is InChI=1S/C22H26FN5O/c1-3-24-22(26-14-20(29)17-9-11-18(23)12-10-17)28(2)15-21-25-13-19(27-21)16-7-5-4-6-8-16/h4-13,20,29H,3,14-15H2,1-2H3,(H,24,26)(H,25,27). The highest BCUT2D eigenvalue weighted by Crippen LogP contribution is 2.17. The molecule has 7 heteroatoms. The van der Waals surface area contributed by atoms with Crippen LogP contribution in [0.3, 0.4) is 0 Å². The molecule has 3 rings (SSSR count). The average Bonchev–Trinajstić information content (AvgIpc) is 3.20. The van der Waals surface area contributed by atoms with Crippen LogP contribution in [0.5, 0.6) is 0 Å². The van der Waals surface area contributed by atoms with Crippen LogP contribution in [0.1, 0.15) is 24.4 Å². The molecule has 6 nitrogen and oxygen atoms in total. The summed E-state index contributed by atoms with van der Waals surface area (Å²) >= 11 is 0. The van der Waals surface area contributed by atoms with E-state index in [1.807, 2.05) is 55.4 Å². The van der Waals surface area contributed by atoms with E-state index in [2.05, 4.69) is 20.3 Å². The summed E-state index contributed by atoms with van der Waals surface area (Å²) in [5.41, 5.74) is 2.67. The van der Waals surface area contributed by atoms with Gasteiger partial charge in [0.25, 0.3) is 0 Å². The van der Waals surface area contributed by atoms with E-state index < -0.39 is 6.10 Å². The smallest absolute Gasteiger partial charge is 0.194 e. The molecular weight excluding hydrogens is 369 g/mol. The normalized spacial score (nSPS) is 12.6. The van der Waals surface area contributed by atoms with Gasteiger partial charge < -0.3 is 20.3 Å². The quantitative estimate of drug-likeness (QED) is 0.424. The van der Waals surface area contributed by atoms with Crippen molar-refractivity contribution in [3.63, 3.8) is 0 Å². The SMILES string of the molecule is CCNC(=NCC(O)c1ccc(F)cc1)N(C)Cc1ncc(-c2ccccc2)[nH]1. The number of nitrogens with one attached hydrogen (secondary N) is 2. The molecule has 0 saturated carbocycles. The number of benzene rings is 2. The summed E-state index contributed by atoms with van der Waals surface area (Å²) in [6.07, 6.45) is 1.02. The van der Waals surface area contributed by atoms with Gasteiger partial charge in [0.05, 0.1) is 31.1 Å². The molecule has 0 aliphatic heterocycles. The van der Waals surface area contributed by atoms with Crippen molar-refractivity contribution in [2.75, 3.05) is 20.1 Å². The zero-order chi connectivity index (χ0) is 20.6. The van der Waals surface area contributed by atoms with Crippen molar-refractivity contribution >= 4 is 5.96 Å². The molecule has 2 aromatic carbocycles. The molecule has 0 spiro atoms. The highest BCUT2D eigenvalue weighted by Gasteiger charge is 2.12. The Labute approximate surface area is 170 Å². The van der Waals surface area contributed by atoms with Crippen molar-refractivity contribution in [1.82, 2.24) is 20.2 Å². The molecule has 0 bridgehead atoms. The Balaban J connectivity index is 1.66. The van der Waals surface area contributed by atoms with E-state index in [0.29, 0.717) is 24.6 Å². The molecule has 152 valence electrons. The first-order valence-electron chi connectivity index (χ1n) is 9.59. The van der Waals surface area contributed by atoms with Gasteiger partial charge in [-0.1, -0.05) is 42.5 Å². The molecule has 3 N–H and O–H groups in total. The van der Waals surface area contributed by atoms with E-state index in [4.69, 9.17) is 0 Å². The fourth-order valence-electron chi connectivity index (χ4n) is 2.94. The minimum atomic E-state index is -0.800. The van der Waals surface area contributed by atoms with Crippen LogP contribution in [0.25, 0.3) is 11.3 Å². The summed E-state index contributed by atoms with van der Waals surface area (Å²) in [5, 5.41) is 13.6. The van der Waals surface area contributed by atoms with Gasteiger partial charge in [-0.15, -0.1) is 0 Å². The summed E-state index contributed by atoms with van der Waals surface area (Å²) in [7, 11) is 1.91. The fraction of sp³-hybridized carbons (Fsp3) is 0.273. The average molecular weight is 395 g/mol. The number of nitrogens with zero attached hydrogens (tertiary/aromatic N) is 3. The fourth-order valence-corrected chi connectivity index (χ4v) is 2.94. The number of guanidine groups is 1. The predicted molar refractivity (Wildman–Crippen MR) is 113 cm³/mol. The molecule has 0 radical (unpaired) electrons. The number of aliphatic hydroxyl groups is 1. The highest BCUT2D eigenvalue weighted by atomic mass is 19.1. The molecule has 3 aromatic rings. The van der Waals surface area contributed by atoms with Gasteiger partial charge in [-0.3, -0.25) is 4.99 Å². The Morgan fingerprint density at radius 2 is 1.93 bits per heavy atom. The zero-order valence-corrected chi connectivity index (χ0v) is 16.6. The summed E-state index contributed by atoms with van der Waals surface area (Å²) < 4.78 is 13.1. The van der Waals surface area contributed by atoms with Crippen molar-refractivity contribution in [3.05, 3.63) is 78.0 Å². The van der Waals surface area contributed by atoms with E-state index in [1.165, 1.54) is 12.1 Å². The van der Waals surface area contributed by atoms with Gasteiger partial charge in [0.15, 0.2) is 5.96 Å². The van der Waals surface area contributed by atoms with Crippen LogP contribution in [-0.4, -0.2) is 46.1 Å². The summed E-state index contributed by atoms with van der Waals surface area (Å²) in [6.45, 7) is 3.39. The molecule has 29 heavy (non-hydrogen) atoms. The number of aliphatic hydroxyl groups excluding tert-OH is 1. The second-order valence-corrected chi connectivity index (χ2v) is 6.73. The number of hydrogen-bond acceptors (Lipinski definition) is 3. The molecule has 0 fully saturated rings. The lowest BCUT2D eigenvalue weighted by Crippen LogP contribution is -2.39. The largest absolute Gasteiger partial charge is 0.386 e. The first-order valence-corrected chi connectivity index (χ1v) is 9.59. The number of aromatic amines is 1. The number of imidazole rings is 1. The van der Waals surface area contributed by atoms with Crippen LogP contribution >= 0.6 is 0 Å². The summed E-state index contributed by atoms with van der Waals surface area (Å²) in [5.74, 6) is 1.15. The lowest BCUT2D eigenvalue weighted by Gasteiger charge is -2.21. The Morgan fingerprint density at radius 1 is 1.21 bits per heavy atom. The maximum absolute atomic E-state index is 13.1. The molecular formula is C22H26FN5O. The Bertz CT molecular complexity index is 924. The molecule has 0 amide bonds. The van der Waals surface area contributed by atoms with Crippen LogP contribution in [0.4, 0.5) is 4.39 Å². The van der Waals surface area contributed by atoms with Gasteiger partial charge in [-0.05, 0) is 30.2 Å². The number of aromatic nitrogens is 2. The maximum atomic E-state index is 13.1. The van der Waals surface area contributed by atoms with Crippen LogP contribution in [0, 0.1) is 5.82 Å². The lowest BCUT2D eigenvalue weighted by atomic mass is 10.1. The van der Waals surface area contributed by atoms with Crippen molar-refractivity contribution in [2.45, 2.75) is 19.6 Å². The molecule has 1 unspecified atom stereocenters. The predicted octanol–water partition coefficient (Wildman–Crippen LogP) is 3.35. The maximum Gasteiger partial charge on any atom is 0.194 e. The van der Waals surface area contributed by atoms with Crippen molar-refractivity contribution in [2.24, 2.45) is 4.99 Å². The van der Waals surface area contributed by atoms with Gasteiger partial charge >= 0.3 is 0 Å². The van der Waals surface area contributed by atoms with Crippen molar-refractivity contribution < 1.29 is 9.50 Å². The van der Waals surface area contributed by atoms with Crippen molar-refractivity contribution in [1.29, 1.82) is 0 Å². The first kappa shape index (κ1) is 20.5. The number of aliphatic imine (C=N–C) groups is 1. The molecule has 0 aliphatic carbocycles. The van der Waals surface area contributed by atoms with E-state index in [9.17, 15) is 9.50 Å². The van der Waals surface area contributed by atoms with E-state index in [0.717, 1.165) is 17.1 Å². The summed E-state index contributed by atoms with van der Waals surface area (Å²) in [6, 6.07) is 15.8. The van der Waals surface area contributed by atoms with Crippen molar-refractivity contribution in [3.8, 4) is 11.3 Å². The van der Waals surface area contributed by atoms with E-state index in [-0.39, 0.29) is 12.4 Å². The molecule has 1 heterocycles. The number of hydrogen-bond donors (Lipinski definition) is 3. The third-order valence-electron chi connectivity index (χ3n) is 4.47. The molecule has 0 saturated heterocycles. The second kappa shape index (κ2) is 9.84. The molecule has 1 atom stereocenters. The number of halogens is 1. The lowest BCUT2D eigenvalue weighted by molar-refractivity contribution is 0.186. The van der Waals surface area contributed by atoms with Crippen LogP contribution in [-0.2, 0) is 6.54 Å². The van der Waals surface area contributed by atoms with Gasteiger partial charge in [0, 0.05) is 13.6 Å². The Morgan fingerprint density at radius 3 is 2.62 bits per heavy atom. The van der Waals surface area contributed by atoms with Gasteiger partial charge in [-0.2, -0.15) is 0 Å². The Hall–Kier alpha value is -3.19. The highest BCUT2D eigenvalue weighted by molar-refractivity contribution is 5.79. The molecule has 0 aliphatic rings. The van der Waals surface area contributed by atoms with Crippen LogP contribution < -0.4 is 5.32 Å². The number of rotatable bonds is 7. The van der Waals surface area contributed by atoms with E-state index in [1.54, 1.807) is 12.1 Å². The second-order valence-electron chi connectivity index (χ2n) is 6.73.